The summed E-state index contributed by atoms with van der Waals surface area (Å²) in [5.41, 5.74) is 9.39. The summed E-state index contributed by atoms with van der Waals surface area (Å²) >= 11 is 0. The second-order valence-electron chi connectivity index (χ2n) is 3.92. The Morgan fingerprint density at radius 2 is 2.12 bits per heavy atom. The van der Waals surface area contributed by atoms with E-state index in [0.717, 1.165) is 6.61 Å². The van der Waals surface area contributed by atoms with Gasteiger partial charge < -0.3 is 15.0 Å². The Balaban J connectivity index is 2.53. The Hall–Kier alpha value is -1.32. The normalized spacial score (nSPS) is 11.2. The van der Waals surface area contributed by atoms with Crippen LogP contribution in [0.4, 0.5) is 0 Å². The molecule has 0 fully saturated rings. The molecule has 2 rings (SSSR count). The van der Waals surface area contributed by atoms with Crippen molar-refractivity contribution in [1.29, 1.82) is 0 Å². The van der Waals surface area contributed by atoms with E-state index >= 15 is 0 Å². The van der Waals surface area contributed by atoms with Gasteiger partial charge >= 0.3 is 0 Å². The summed E-state index contributed by atoms with van der Waals surface area (Å²) in [5, 5.41) is 1.25. The lowest BCUT2D eigenvalue weighted by atomic mass is 10.1. The van der Waals surface area contributed by atoms with Crippen molar-refractivity contribution in [1.82, 2.24) is 4.57 Å². The zero-order chi connectivity index (χ0) is 11.5. The quantitative estimate of drug-likeness (QED) is 0.854. The minimum atomic E-state index is 0.573. The highest BCUT2D eigenvalue weighted by Gasteiger charge is 2.09. The predicted molar refractivity (Wildman–Crippen MR) is 66.1 cm³/mol. The number of para-hydroxylation sites is 1. The average molecular weight is 218 g/mol. The maximum Gasteiger partial charge on any atom is 0.0737 e. The van der Waals surface area contributed by atoms with Gasteiger partial charge in [0.25, 0.3) is 0 Å². The summed E-state index contributed by atoms with van der Waals surface area (Å²) in [7, 11) is 2.05. The maximum atomic E-state index is 5.75. The highest BCUT2D eigenvalue weighted by molar-refractivity contribution is 5.86. The molecular formula is C13H18N2O. The summed E-state index contributed by atoms with van der Waals surface area (Å²) in [6.07, 6.45) is 2.12. The molecule has 2 aromatic rings. The SMILES string of the molecule is CCOCc1cn(C)c2c(CN)cccc12. The average Bonchev–Trinajstić information content (AvgIpc) is 2.64. The van der Waals surface area contributed by atoms with Crippen LogP contribution in [-0.4, -0.2) is 11.2 Å². The molecular weight excluding hydrogens is 200 g/mol. The van der Waals surface area contributed by atoms with Gasteiger partial charge in [-0.1, -0.05) is 18.2 Å². The van der Waals surface area contributed by atoms with Gasteiger partial charge in [-0.2, -0.15) is 0 Å². The van der Waals surface area contributed by atoms with E-state index in [1.165, 1.54) is 22.0 Å². The Labute approximate surface area is 95.8 Å². The van der Waals surface area contributed by atoms with Crippen molar-refractivity contribution in [2.75, 3.05) is 6.61 Å². The van der Waals surface area contributed by atoms with E-state index in [1.807, 2.05) is 6.92 Å². The van der Waals surface area contributed by atoms with E-state index in [0.29, 0.717) is 13.2 Å². The lowest BCUT2D eigenvalue weighted by Crippen LogP contribution is -1.99. The van der Waals surface area contributed by atoms with Crippen LogP contribution in [0.2, 0.25) is 0 Å². The first kappa shape index (κ1) is 11.2. The van der Waals surface area contributed by atoms with Crippen molar-refractivity contribution in [3.8, 4) is 0 Å². The molecule has 0 bridgehead atoms. The largest absolute Gasteiger partial charge is 0.377 e. The smallest absolute Gasteiger partial charge is 0.0737 e. The second-order valence-corrected chi connectivity index (χ2v) is 3.92. The van der Waals surface area contributed by atoms with Crippen LogP contribution in [0, 0.1) is 0 Å². The number of fused-ring (bicyclic) bond motifs is 1. The molecule has 2 N–H and O–H groups in total. The standard InChI is InChI=1S/C13H18N2O/c1-3-16-9-11-8-15(2)13-10(7-14)5-4-6-12(11)13/h4-6,8H,3,7,9,14H2,1-2H3. The van der Waals surface area contributed by atoms with Crippen LogP contribution < -0.4 is 5.73 Å². The summed E-state index contributed by atoms with van der Waals surface area (Å²) in [6.45, 7) is 3.99. The minimum absolute atomic E-state index is 0.573. The molecule has 0 saturated carbocycles. The van der Waals surface area contributed by atoms with Crippen LogP contribution in [-0.2, 0) is 24.9 Å². The van der Waals surface area contributed by atoms with Gasteiger partial charge in [-0.15, -0.1) is 0 Å². The lowest BCUT2D eigenvalue weighted by molar-refractivity contribution is 0.135. The van der Waals surface area contributed by atoms with Crippen LogP contribution in [0.25, 0.3) is 10.9 Å². The molecule has 0 unspecified atom stereocenters. The van der Waals surface area contributed by atoms with Crippen LogP contribution in [0.5, 0.6) is 0 Å². The molecule has 0 aliphatic heterocycles. The fraction of sp³-hybridized carbons (Fsp3) is 0.385. The molecule has 0 aliphatic rings. The molecule has 0 amide bonds. The summed E-state index contributed by atoms with van der Waals surface area (Å²) in [6, 6.07) is 6.26. The summed E-state index contributed by atoms with van der Waals surface area (Å²) in [4.78, 5) is 0. The van der Waals surface area contributed by atoms with Gasteiger partial charge in [0.1, 0.15) is 0 Å². The third-order valence-electron chi connectivity index (χ3n) is 2.85. The van der Waals surface area contributed by atoms with Crippen molar-refractivity contribution in [3.63, 3.8) is 0 Å². The number of hydrogen-bond donors (Lipinski definition) is 1. The van der Waals surface area contributed by atoms with E-state index in [2.05, 4.69) is 36.0 Å². The number of nitrogens with two attached hydrogens (primary N) is 1. The van der Waals surface area contributed by atoms with Crippen LogP contribution >= 0.6 is 0 Å². The van der Waals surface area contributed by atoms with E-state index in [4.69, 9.17) is 10.5 Å². The van der Waals surface area contributed by atoms with Crippen LogP contribution in [0.15, 0.2) is 24.4 Å². The predicted octanol–water partition coefficient (Wildman–Crippen LogP) is 2.17. The Kier molecular flexibility index (Phi) is 3.27. The van der Waals surface area contributed by atoms with Crippen molar-refractivity contribution in [3.05, 3.63) is 35.5 Å². The number of rotatable bonds is 4. The number of aryl methyl sites for hydroxylation is 1. The summed E-state index contributed by atoms with van der Waals surface area (Å²) < 4.78 is 7.60. The first-order valence-electron chi connectivity index (χ1n) is 5.61. The van der Waals surface area contributed by atoms with Crippen molar-refractivity contribution in [2.24, 2.45) is 12.8 Å². The molecule has 1 aromatic heterocycles. The molecule has 0 aliphatic carbocycles. The second kappa shape index (κ2) is 4.68. The van der Waals surface area contributed by atoms with Gasteiger partial charge in [-0.25, -0.2) is 0 Å². The van der Waals surface area contributed by atoms with Gasteiger partial charge in [0.15, 0.2) is 0 Å². The van der Waals surface area contributed by atoms with Crippen molar-refractivity contribution >= 4 is 10.9 Å². The molecule has 0 saturated heterocycles. The zero-order valence-electron chi connectivity index (χ0n) is 9.86. The Morgan fingerprint density at radius 3 is 2.81 bits per heavy atom. The van der Waals surface area contributed by atoms with E-state index in [-0.39, 0.29) is 0 Å². The minimum Gasteiger partial charge on any atom is -0.377 e. The van der Waals surface area contributed by atoms with E-state index in [9.17, 15) is 0 Å². The van der Waals surface area contributed by atoms with E-state index < -0.39 is 0 Å². The van der Waals surface area contributed by atoms with Crippen LogP contribution in [0.3, 0.4) is 0 Å². The third kappa shape index (κ3) is 1.84. The number of aromatic nitrogens is 1. The lowest BCUT2D eigenvalue weighted by Gasteiger charge is -2.03. The third-order valence-corrected chi connectivity index (χ3v) is 2.85. The Morgan fingerprint density at radius 1 is 1.31 bits per heavy atom. The molecule has 3 nitrogen and oxygen atoms in total. The molecule has 0 atom stereocenters. The van der Waals surface area contributed by atoms with Gasteiger partial charge in [0.2, 0.25) is 0 Å². The highest BCUT2D eigenvalue weighted by Crippen LogP contribution is 2.24. The van der Waals surface area contributed by atoms with Crippen molar-refractivity contribution in [2.45, 2.75) is 20.1 Å². The molecule has 3 heteroatoms. The van der Waals surface area contributed by atoms with Gasteiger partial charge in [0.05, 0.1) is 12.1 Å². The molecule has 86 valence electrons. The molecule has 1 heterocycles. The Bertz CT molecular complexity index is 488. The molecule has 0 radical (unpaired) electrons. The van der Waals surface area contributed by atoms with Gasteiger partial charge in [-0.3, -0.25) is 0 Å². The monoisotopic (exact) mass is 218 g/mol. The zero-order valence-corrected chi connectivity index (χ0v) is 9.86. The summed E-state index contributed by atoms with van der Waals surface area (Å²) in [5.74, 6) is 0. The maximum absolute atomic E-state index is 5.75. The molecule has 16 heavy (non-hydrogen) atoms. The number of nitrogens with zero attached hydrogens (tertiary/aromatic N) is 1. The first-order chi connectivity index (χ1) is 7.77. The number of benzene rings is 1. The van der Waals surface area contributed by atoms with E-state index in [1.54, 1.807) is 0 Å². The first-order valence-corrected chi connectivity index (χ1v) is 5.61. The number of hydrogen-bond acceptors (Lipinski definition) is 2. The highest BCUT2D eigenvalue weighted by atomic mass is 16.5. The topological polar surface area (TPSA) is 40.2 Å². The fourth-order valence-electron chi connectivity index (χ4n) is 2.13. The fourth-order valence-corrected chi connectivity index (χ4v) is 2.13. The van der Waals surface area contributed by atoms with Gasteiger partial charge in [0, 0.05) is 37.3 Å². The molecule has 1 aromatic carbocycles. The van der Waals surface area contributed by atoms with Crippen LogP contribution in [0.1, 0.15) is 18.1 Å². The van der Waals surface area contributed by atoms with Crippen molar-refractivity contribution < 1.29 is 4.74 Å². The molecule has 0 spiro atoms. The van der Waals surface area contributed by atoms with Gasteiger partial charge in [-0.05, 0) is 12.5 Å². The number of ether oxygens (including phenoxy) is 1.